The van der Waals surface area contributed by atoms with E-state index in [9.17, 15) is 4.79 Å². The van der Waals surface area contributed by atoms with Crippen LogP contribution in [0.3, 0.4) is 0 Å². The molecule has 0 atom stereocenters. The quantitative estimate of drug-likeness (QED) is 0.450. The summed E-state index contributed by atoms with van der Waals surface area (Å²) in [4.78, 5) is 11.9. The average molecular weight is 398 g/mol. The van der Waals surface area contributed by atoms with Crippen molar-refractivity contribution in [3.05, 3.63) is 57.0 Å². The Kier molecular flexibility index (Phi) is 6.01. The minimum Gasteiger partial charge on any atom is -0.483 e. The highest BCUT2D eigenvalue weighted by Crippen LogP contribution is 2.25. The number of carbonyl (C=O) groups is 1. The molecule has 0 aliphatic carbocycles. The summed E-state index contributed by atoms with van der Waals surface area (Å²) in [6.07, 6.45) is 1.29. The van der Waals surface area contributed by atoms with Gasteiger partial charge < -0.3 is 15.3 Å². The van der Waals surface area contributed by atoms with Crippen LogP contribution in [0.5, 0.6) is 5.75 Å². The third-order valence-electron chi connectivity index (χ3n) is 2.98. The standard InChI is InChI=1S/C16H14BrClN2O3/c1-10-2-4-12(7-14(10)18)20-16(21)9-23-15-5-3-11(8-19-22)6-13(15)17/h2-8,22H,9H2,1H3,(H,20,21)/b19-8+. The molecule has 0 saturated carbocycles. The molecular formula is C16H14BrClN2O3. The topological polar surface area (TPSA) is 70.9 Å². The Bertz CT molecular complexity index is 750. The van der Waals surface area contributed by atoms with Gasteiger partial charge in [0.25, 0.3) is 5.91 Å². The first-order valence-electron chi connectivity index (χ1n) is 6.65. The van der Waals surface area contributed by atoms with E-state index in [4.69, 9.17) is 21.5 Å². The fraction of sp³-hybridized carbons (Fsp3) is 0.125. The van der Waals surface area contributed by atoms with Gasteiger partial charge in [-0.25, -0.2) is 0 Å². The van der Waals surface area contributed by atoms with E-state index in [1.165, 1.54) is 6.21 Å². The molecule has 0 aromatic heterocycles. The molecule has 0 radical (unpaired) electrons. The van der Waals surface area contributed by atoms with Crippen molar-refractivity contribution in [2.24, 2.45) is 5.16 Å². The van der Waals surface area contributed by atoms with Crippen molar-refractivity contribution in [2.75, 3.05) is 11.9 Å². The van der Waals surface area contributed by atoms with Crippen molar-refractivity contribution >= 4 is 45.3 Å². The van der Waals surface area contributed by atoms with Crippen LogP contribution in [0.15, 0.2) is 46.0 Å². The van der Waals surface area contributed by atoms with Crippen LogP contribution in [-0.2, 0) is 4.79 Å². The number of oxime groups is 1. The van der Waals surface area contributed by atoms with E-state index in [0.29, 0.717) is 26.5 Å². The van der Waals surface area contributed by atoms with Crippen LogP contribution in [0.2, 0.25) is 5.02 Å². The lowest BCUT2D eigenvalue weighted by atomic mass is 10.2. The average Bonchev–Trinajstić information content (AvgIpc) is 2.50. The summed E-state index contributed by atoms with van der Waals surface area (Å²) >= 11 is 9.35. The summed E-state index contributed by atoms with van der Waals surface area (Å²) in [5.41, 5.74) is 2.25. The molecule has 0 aliphatic heterocycles. The number of ether oxygens (including phenoxy) is 1. The summed E-state index contributed by atoms with van der Waals surface area (Å²) in [5.74, 6) is 0.218. The lowest BCUT2D eigenvalue weighted by Gasteiger charge is -2.10. The summed E-state index contributed by atoms with van der Waals surface area (Å²) < 4.78 is 6.11. The van der Waals surface area contributed by atoms with Crippen molar-refractivity contribution in [3.8, 4) is 5.75 Å². The van der Waals surface area contributed by atoms with Crippen molar-refractivity contribution in [1.29, 1.82) is 0 Å². The number of rotatable bonds is 5. The number of benzene rings is 2. The molecule has 0 heterocycles. The zero-order valence-electron chi connectivity index (χ0n) is 12.2. The lowest BCUT2D eigenvalue weighted by Crippen LogP contribution is -2.20. The minimum atomic E-state index is -0.294. The first kappa shape index (κ1) is 17.3. The molecule has 0 spiro atoms. The van der Waals surface area contributed by atoms with Crippen LogP contribution < -0.4 is 10.1 Å². The molecule has 5 nitrogen and oxygen atoms in total. The van der Waals surface area contributed by atoms with Gasteiger partial charge >= 0.3 is 0 Å². The third kappa shape index (κ3) is 4.97. The van der Waals surface area contributed by atoms with Gasteiger partial charge in [-0.1, -0.05) is 22.8 Å². The van der Waals surface area contributed by atoms with E-state index in [0.717, 1.165) is 5.56 Å². The Morgan fingerprint density at radius 1 is 1.39 bits per heavy atom. The maximum atomic E-state index is 11.9. The Labute approximate surface area is 147 Å². The summed E-state index contributed by atoms with van der Waals surface area (Å²) in [6, 6.07) is 10.4. The number of nitrogens with one attached hydrogen (secondary N) is 1. The first-order valence-corrected chi connectivity index (χ1v) is 7.82. The maximum Gasteiger partial charge on any atom is 0.262 e. The van der Waals surface area contributed by atoms with Gasteiger partial charge in [0.05, 0.1) is 10.7 Å². The number of amides is 1. The van der Waals surface area contributed by atoms with Crippen molar-refractivity contribution in [3.63, 3.8) is 0 Å². The second-order valence-electron chi connectivity index (χ2n) is 4.74. The molecule has 2 rings (SSSR count). The van der Waals surface area contributed by atoms with Gasteiger partial charge in [0, 0.05) is 10.7 Å². The van der Waals surface area contributed by atoms with Gasteiger partial charge in [-0.3, -0.25) is 4.79 Å². The molecular weight excluding hydrogens is 384 g/mol. The minimum absolute atomic E-state index is 0.141. The molecule has 1 amide bonds. The predicted molar refractivity (Wildman–Crippen MR) is 93.8 cm³/mol. The fourth-order valence-corrected chi connectivity index (χ4v) is 2.48. The van der Waals surface area contributed by atoms with E-state index < -0.39 is 0 Å². The van der Waals surface area contributed by atoms with Crippen molar-refractivity contribution in [1.82, 2.24) is 0 Å². The van der Waals surface area contributed by atoms with Gasteiger partial charge in [-0.2, -0.15) is 0 Å². The van der Waals surface area contributed by atoms with Gasteiger partial charge in [-0.05, 0) is 64.3 Å². The SMILES string of the molecule is Cc1ccc(NC(=O)COc2ccc(/C=N/O)cc2Br)cc1Cl. The molecule has 0 aliphatic rings. The highest BCUT2D eigenvalue weighted by Gasteiger charge is 2.07. The number of hydrogen-bond acceptors (Lipinski definition) is 4. The Balaban J connectivity index is 1.95. The third-order valence-corrected chi connectivity index (χ3v) is 4.00. The molecule has 0 unspecified atom stereocenters. The number of aryl methyl sites for hydroxylation is 1. The predicted octanol–water partition coefficient (Wildman–Crippen LogP) is 4.24. The van der Waals surface area contributed by atoms with Crippen molar-refractivity contribution in [2.45, 2.75) is 6.92 Å². The Hall–Kier alpha value is -2.05. The van der Waals surface area contributed by atoms with E-state index >= 15 is 0 Å². The first-order chi connectivity index (χ1) is 11.0. The number of halogens is 2. The molecule has 0 fully saturated rings. The zero-order chi connectivity index (χ0) is 16.8. The lowest BCUT2D eigenvalue weighted by molar-refractivity contribution is -0.118. The highest BCUT2D eigenvalue weighted by molar-refractivity contribution is 9.10. The van der Waals surface area contributed by atoms with Crippen LogP contribution in [0.4, 0.5) is 5.69 Å². The molecule has 23 heavy (non-hydrogen) atoms. The molecule has 2 N–H and O–H groups in total. The van der Waals surface area contributed by atoms with Crippen LogP contribution in [0.1, 0.15) is 11.1 Å². The van der Waals surface area contributed by atoms with Gasteiger partial charge in [0.2, 0.25) is 0 Å². The summed E-state index contributed by atoms with van der Waals surface area (Å²) in [6.45, 7) is 1.75. The largest absolute Gasteiger partial charge is 0.483 e. The normalized spacial score (nSPS) is 10.7. The second-order valence-corrected chi connectivity index (χ2v) is 6.00. The van der Waals surface area contributed by atoms with Crippen LogP contribution >= 0.6 is 27.5 Å². The van der Waals surface area contributed by atoms with Crippen LogP contribution in [0.25, 0.3) is 0 Å². The maximum absolute atomic E-state index is 11.9. The Morgan fingerprint density at radius 3 is 2.83 bits per heavy atom. The summed E-state index contributed by atoms with van der Waals surface area (Å²) in [7, 11) is 0. The number of hydrogen-bond donors (Lipinski definition) is 2. The van der Waals surface area contributed by atoms with Crippen LogP contribution in [0, 0.1) is 6.92 Å². The Morgan fingerprint density at radius 2 is 2.17 bits per heavy atom. The smallest absolute Gasteiger partial charge is 0.262 e. The van der Waals surface area contributed by atoms with E-state index in [1.54, 1.807) is 30.3 Å². The van der Waals surface area contributed by atoms with E-state index in [2.05, 4.69) is 26.4 Å². The van der Waals surface area contributed by atoms with Gasteiger partial charge in [0.15, 0.2) is 6.61 Å². The molecule has 7 heteroatoms. The summed E-state index contributed by atoms with van der Waals surface area (Å²) in [5, 5.41) is 14.7. The van der Waals surface area contributed by atoms with E-state index in [-0.39, 0.29) is 12.5 Å². The van der Waals surface area contributed by atoms with Gasteiger partial charge in [-0.15, -0.1) is 0 Å². The van der Waals surface area contributed by atoms with Crippen molar-refractivity contribution < 1.29 is 14.7 Å². The number of nitrogens with zero attached hydrogens (tertiary/aromatic N) is 1. The van der Waals surface area contributed by atoms with E-state index in [1.807, 2.05) is 13.0 Å². The fourth-order valence-electron chi connectivity index (χ4n) is 1.79. The molecule has 2 aromatic rings. The highest BCUT2D eigenvalue weighted by atomic mass is 79.9. The molecule has 0 saturated heterocycles. The van der Waals surface area contributed by atoms with Gasteiger partial charge in [0.1, 0.15) is 5.75 Å². The second kappa shape index (κ2) is 7.99. The zero-order valence-corrected chi connectivity index (χ0v) is 14.6. The number of carbonyl (C=O) groups excluding carboxylic acids is 1. The van der Waals surface area contributed by atoms with Crippen LogP contribution in [-0.4, -0.2) is 23.9 Å². The monoisotopic (exact) mass is 396 g/mol. The number of anilines is 1. The molecule has 0 bridgehead atoms. The molecule has 120 valence electrons. The molecule has 2 aromatic carbocycles.